The highest BCUT2D eigenvalue weighted by Gasteiger charge is 2.26. The Bertz CT molecular complexity index is 427. The molecule has 1 aromatic rings. The van der Waals surface area contributed by atoms with Crippen molar-refractivity contribution in [2.75, 3.05) is 5.75 Å². The molecule has 1 saturated carbocycles. The molecule has 0 spiro atoms. The Labute approximate surface area is 111 Å². The fraction of sp³-hybridized carbons (Fsp3) is 0.538. The van der Waals surface area contributed by atoms with E-state index in [4.69, 9.17) is 0 Å². The maximum absolute atomic E-state index is 13.4. The van der Waals surface area contributed by atoms with E-state index in [0.717, 1.165) is 31.2 Å². The molecule has 3 nitrogen and oxygen atoms in total. The minimum absolute atomic E-state index is 0.0802. The molecule has 1 aliphatic carbocycles. The van der Waals surface area contributed by atoms with Crippen molar-refractivity contribution in [1.82, 2.24) is 10.3 Å². The number of thioether (sulfide) groups is 1. The van der Waals surface area contributed by atoms with E-state index in [1.54, 1.807) is 0 Å². The molecule has 0 radical (unpaired) electrons. The van der Waals surface area contributed by atoms with E-state index in [1.807, 2.05) is 11.8 Å². The lowest BCUT2D eigenvalue weighted by molar-refractivity contribution is 0.0933. The van der Waals surface area contributed by atoms with Gasteiger partial charge in [0.25, 0.3) is 5.91 Å². The van der Waals surface area contributed by atoms with Gasteiger partial charge in [-0.05, 0) is 31.1 Å². The fourth-order valence-electron chi connectivity index (χ4n) is 2.28. The molecule has 18 heavy (non-hydrogen) atoms. The van der Waals surface area contributed by atoms with Crippen LogP contribution in [0.2, 0.25) is 0 Å². The number of hydrogen-bond donors (Lipinski definition) is 1. The summed E-state index contributed by atoms with van der Waals surface area (Å²) in [6.07, 6.45) is 5.59. The van der Waals surface area contributed by atoms with Gasteiger partial charge in [0.2, 0.25) is 0 Å². The van der Waals surface area contributed by atoms with E-state index in [2.05, 4.69) is 17.2 Å². The largest absolute Gasteiger partial charge is 0.349 e. The van der Waals surface area contributed by atoms with Crippen molar-refractivity contribution in [2.45, 2.75) is 37.5 Å². The second kappa shape index (κ2) is 6.18. The van der Waals surface area contributed by atoms with Crippen molar-refractivity contribution in [2.24, 2.45) is 0 Å². The van der Waals surface area contributed by atoms with E-state index in [0.29, 0.717) is 5.25 Å². The summed E-state index contributed by atoms with van der Waals surface area (Å²) < 4.78 is 13.4. The van der Waals surface area contributed by atoms with Crippen LogP contribution in [0.4, 0.5) is 4.39 Å². The number of pyridine rings is 1. The van der Waals surface area contributed by atoms with Gasteiger partial charge >= 0.3 is 0 Å². The van der Waals surface area contributed by atoms with Crippen molar-refractivity contribution >= 4 is 17.7 Å². The van der Waals surface area contributed by atoms with Crippen molar-refractivity contribution < 1.29 is 9.18 Å². The molecule has 98 valence electrons. The van der Waals surface area contributed by atoms with E-state index in [-0.39, 0.29) is 17.5 Å². The smallest absolute Gasteiger partial charge is 0.254 e. The predicted octanol–water partition coefficient (Wildman–Crippen LogP) is 2.62. The topological polar surface area (TPSA) is 42.0 Å². The highest BCUT2D eigenvalue weighted by molar-refractivity contribution is 7.99. The van der Waals surface area contributed by atoms with Crippen LogP contribution in [0.15, 0.2) is 18.5 Å². The van der Waals surface area contributed by atoms with Crippen molar-refractivity contribution in [1.29, 1.82) is 0 Å². The molecule has 0 aliphatic heterocycles. The van der Waals surface area contributed by atoms with Crippen LogP contribution in [-0.4, -0.2) is 27.9 Å². The number of carbonyl (C=O) groups excluding carboxylic acids is 1. The van der Waals surface area contributed by atoms with Gasteiger partial charge in [-0.2, -0.15) is 11.8 Å². The normalized spacial score (nSPS) is 23.0. The minimum atomic E-state index is -0.563. The Balaban J connectivity index is 1.91. The molecule has 2 atom stereocenters. The quantitative estimate of drug-likeness (QED) is 0.912. The number of aromatic nitrogens is 1. The number of nitrogens with zero attached hydrogens (tertiary/aromatic N) is 1. The molecule has 1 N–H and O–H groups in total. The summed E-state index contributed by atoms with van der Waals surface area (Å²) in [6.45, 7) is 2.14. The van der Waals surface area contributed by atoms with E-state index in [9.17, 15) is 9.18 Å². The molecule has 5 heteroatoms. The predicted molar refractivity (Wildman–Crippen MR) is 71.2 cm³/mol. The number of halogens is 1. The third-order valence-electron chi connectivity index (χ3n) is 3.14. The summed E-state index contributed by atoms with van der Waals surface area (Å²) in [6, 6.07) is 1.59. The second-order valence-corrected chi connectivity index (χ2v) is 5.99. The number of hydrogen-bond acceptors (Lipinski definition) is 3. The minimum Gasteiger partial charge on any atom is -0.349 e. The van der Waals surface area contributed by atoms with Crippen LogP contribution < -0.4 is 5.32 Å². The Morgan fingerprint density at radius 3 is 3.17 bits per heavy atom. The Kier molecular flexibility index (Phi) is 4.58. The second-order valence-electron chi connectivity index (χ2n) is 4.42. The van der Waals surface area contributed by atoms with Gasteiger partial charge in [-0.25, -0.2) is 4.39 Å². The monoisotopic (exact) mass is 268 g/mol. The van der Waals surface area contributed by atoms with Crippen LogP contribution in [0, 0.1) is 5.82 Å². The van der Waals surface area contributed by atoms with Gasteiger partial charge in [0.05, 0.1) is 11.8 Å². The number of amides is 1. The van der Waals surface area contributed by atoms with Crippen LogP contribution in [0.5, 0.6) is 0 Å². The summed E-state index contributed by atoms with van der Waals surface area (Å²) in [4.78, 5) is 15.5. The summed E-state index contributed by atoms with van der Waals surface area (Å²) in [5.41, 5.74) is 0.0802. The van der Waals surface area contributed by atoms with Gasteiger partial charge in [0, 0.05) is 17.5 Å². The molecule has 0 aromatic carbocycles. The molecule has 2 unspecified atom stereocenters. The van der Waals surface area contributed by atoms with E-state index < -0.39 is 5.82 Å². The number of nitrogens with one attached hydrogen (secondary N) is 1. The van der Waals surface area contributed by atoms with Crippen molar-refractivity contribution in [3.63, 3.8) is 0 Å². The highest BCUT2D eigenvalue weighted by atomic mass is 32.2. The first-order valence-corrected chi connectivity index (χ1v) is 7.27. The molecule has 1 amide bonds. The SMILES string of the molecule is CCSC1CCC(NC(=O)c2ccncc2F)C1. The highest BCUT2D eigenvalue weighted by Crippen LogP contribution is 2.29. The molecule has 1 fully saturated rings. The first-order valence-electron chi connectivity index (χ1n) is 6.22. The van der Waals surface area contributed by atoms with Gasteiger partial charge < -0.3 is 5.32 Å². The summed E-state index contributed by atoms with van der Waals surface area (Å²) in [7, 11) is 0. The first-order chi connectivity index (χ1) is 8.70. The number of carbonyl (C=O) groups is 1. The van der Waals surface area contributed by atoms with Gasteiger partial charge in [-0.1, -0.05) is 6.92 Å². The lowest BCUT2D eigenvalue weighted by atomic mass is 10.2. The zero-order valence-corrected chi connectivity index (χ0v) is 11.2. The Hall–Kier alpha value is -1.10. The van der Waals surface area contributed by atoms with Crippen LogP contribution in [0.3, 0.4) is 0 Å². The molecule has 1 aromatic heterocycles. The summed E-state index contributed by atoms with van der Waals surface area (Å²) in [5, 5.41) is 3.53. The van der Waals surface area contributed by atoms with Crippen molar-refractivity contribution in [3.8, 4) is 0 Å². The third-order valence-corrected chi connectivity index (χ3v) is 4.37. The first kappa shape index (κ1) is 13.3. The molecular formula is C13H17FN2OS. The van der Waals surface area contributed by atoms with Gasteiger partial charge in [-0.3, -0.25) is 9.78 Å². The zero-order chi connectivity index (χ0) is 13.0. The van der Waals surface area contributed by atoms with Gasteiger partial charge in [0.1, 0.15) is 0 Å². The lowest BCUT2D eigenvalue weighted by Gasteiger charge is -2.13. The van der Waals surface area contributed by atoms with Crippen LogP contribution in [0.1, 0.15) is 36.5 Å². The van der Waals surface area contributed by atoms with Gasteiger partial charge in [-0.15, -0.1) is 0 Å². The Morgan fingerprint density at radius 2 is 2.44 bits per heavy atom. The third kappa shape index (κ3) is 3.22. The average Bonchev–Trinajstić information content (AvgIpc) is 2.77. The van der Waals surface area contributed by atoms with Crippen LogP contribution >= 0.6 is 11.8 Å². The molecule has 0 bridgehead atoms. The summed E-state index contributed by atoms with van der Waals surface area (Å²) in [5.74, 6) is 0.208. The van der Waals surface area contributed by atoms with Crippen LogP contribution in [0.25, 0.3) is 0 Å². The zero-order valence-electron chi connectivity index (χ0n) is 10.4. The molecular weight excluding hydrogens is 251 g/mol. The standard InChI is InChI=1S/C13H17FN2OS/c1-2-18-10-4-3-9(7-10)16-13(17)11-5-6-15-8-12(11)14/h5-6,8-10H,2-4,7H2,1H3,(H,16,17). The van der Waals surface area contributed by atoms with Crippen LogP contribution in [-0.2, 0) is 0 Å². The van der Waals surface area contributed by atoms with E-state index in [1.165, 1.54) is 12.3 Å². The molecule has 1 aliphatic rings. The summed E-state index contributed by atoms with van der Waals surface area (Å²) >= 11 is 1.93. The van der Waals surface area contributed by atoms with Crippen molar-refractivity contribution in [3.05, 3.63) is 29.8 Å². The maximum Gasteiger partial charge on any atom is 0.254 e. The Morgan fingerprint density at radius 1 is 1.61 bits per heavy atom. The van der Waals surface area contributed by atoms with E-state index >= 15 is 0 Å². The molecule has 1 heterocycles. The lowest BCUT2D eigenvalue weighted by Crippen LogP contribution is -2.33. The molecule has 0 saturated heterocycles. The maximum atomic E-state index is 13.4. The van der Waals surface area contributed by atoms with Gasteiger partial charge in [0.15, 0.2) is 5.82 Å². The average molecular weight is 268 g/mol. The number of rotatable bonds is 4. The molecule has 2 rings (SSSR count). The fourth-order valence-corrected chi connectivity index (χ4v) is 3.42.